The maximum Gasteiger partial charge on any atom is 0.338 e. The number of hydrogen-bond donors (Lipinski definition) is 11. The molecule has 0 aliphatic rings. The fourth-order valence-electron chi connectivity index (χ4n) is 7.89. The molecule has 8 rings (SSSR count). The van der Waals surface area contributed by atoms with Crippen LogP contribution in [0.1, 0.15) is 10.4 Å². The maximum absolute atomic E-state index is 13.4. The molecule has 458 valence electrons. The van der Waals surface area contributed by atoms with E-state index < -0.39 is 208 Å². The molecular weight excluding hydrogens is 1310 g/mol. The van der Waals surface area contributed by atoms with Crippen LogP contribution < -0.4 is 16.0 Å². The van der Waals surface area contributed by atoms with Gasteiger partial charge >= 0.3 is 11.5 Å². The Morgan fingerprint density at radius 3 is 1.66 bits per heavy atom. The number of carboxylic acids is 1. The van der Waals surface area contributed by atoms with Crippen LogP contribution >= 0.6 is 0 Å². The van der Waals surface area contributed by atoms with E-state index in [4.69, 9.17) is 5.73 Å². The molecule has 45 heteroatoms. The number of nitrogens with one attached hydrogen (secondary N) is 1. The van der Waals surface area contributed by atoms with Crippen molar-refractivity contribution in [3.05, 3.63) is 117 Å². The third kappa shape index (κ3) is 12.8. The summed E-state index contributed by atoms with van der Waals surface area (Å²) < 4.78 is 216. The Balaban J connectivity index is 1.23. The number of fused-ring (bicyclic) bond motifs is 2. The van der Waals surface area contributed by atoms with Crippen molar-refractivity contribution in [1.82, 2.24) is 9.78 Å². The number of carbonyl (C=O) groups is 2. The first-order valence-electron chi connectivity index (χ1n) is 22.4. The number of phenolic OH excluding ortho intramolecular Hbond substituents is 2. The van der Waals surface area contributed by atoms with E-state index >= 15 is 0 Å². The summed E-state index contributed by atoms with van der Waals surface area (Å²) in [5.41, 5.74) is -5.96. The lowest BCUT2D eigenvalue weighted by Crippen LogP contribution is -2.14. The Morgan fingerprint density at radius 2 is 1.09 bits per heavy atom. The normalized spacial score (nSPS) is 13.0. The molecular formula is C43H28N12O27S6. The third-order valence-electron chi connectivity index (χ3n) is 11.7. The molecule has 1 aromatic heterocycles. The van der Waals surface area contributed by atoms with Crippen LogP contribution in [0.3, 0.4) is 0 Å². The van der Waals surface area contributed by atoms with Crippen LogP contribution in [-0.2, 0) is 65.5 Å². The van der Waals surface area contributed by atoms with Crippen molar-refractivity contribution in [3.8, 4) is 23.1 Å². The van der Waals surface area contributed by atoms with Crippen molar-refractivity contribution in [3.63, 3.8) is 0 Å². The molecule has 0 radical (unpaired) electrons. The smallest absolute Gasteiger partial charge is 0.338 e. The average molecular weight is 1340 g/mol. The molecule has 88 heavy (non-hydrogen) atoms. The first kappa shape index (κ1) is 63.7. The van der Waals surface area contributed by atoms with Gasteiger partial charge in [0.25, 0.3) is 72.9 Å². The number of carbonyl (C=O) groups excluding carboxylic acids is 1. The van der Waals surface area contributed by atoms with E-state index in [1.165, 1.54) is 0 Å². The van der Waals surface area contributed by atoms with Gasteiger partial charge in [0.15, 0.2) is 11.5 Å². The van der Waals surface area contributed by atoms with Gasteiger partial charge in [0.05, 0.1) is 37.8 Å². The molecule has 0 saturated carbocycles. The maximum atomic E-state index is 13.4. The molecule has 0 aliphatic heterocycles. The minimum atomic E-state index is -5.79. The largest absolute Gasteiger partial charge is 0.505 e. The molecule has 0 amide bonds. The standard InChI is InChI=1S/C43H28N12O27S6/c44-34-28(15-29(84(67,68)69)22-7-9-26(39(58)33(22)34)47-46-25-8-3-19(55(62)63)13-30(25)85(70,71)72)49-48-27-10-6-21-23(40(27)88(79,80)81)14-32(87(76,77)78)36(38(21)57)51-45-17-11-24(43(60)61)35(31(12-17)86(73,74)75)50-52-37-41(82-16-56)53-54(42(37)59)18-1-4-20(5-2-18)83(64,65)66/h1-16,53,57-58H,44H2,(H,60,61)(H,64,65,66)(H,67,68,69)(H,70,71,72)(H,73,74,75)(H,76,77,78)(H,79,80,81). The van der Waals surface area contributed by atoms with Crippen molar-refractivity contribution in [2.75, 3.05) is 5.73 Å². The zero-order valence-electron chi connectivity index (χ0n) is 42.1. The predicted molar refractivity (Wildman–Crippen MR) is 291 cm³/mol. The molecule has 12 N–H and O–H groups in total. The molecule has 8 aromatic rings. The number of hydrogen-bond acceptors (Lipinski definition) is 29. The van der Waals surface area contributed by atoms with Gasteiger partial charge in [-0.3, -0.25) is 52.1 Å². The van der Waals surface area contributed by atoms with Gasteiger partial charge in [-0.25, -0.2) is 9.48 Å². The van der Waals surface area contributed by atoms with Gasteiger partial charge < -0.3 is 25.8 Å². The number of nitro groups is 1. The second kappa shape index (κ2) is 22.8. The third-order valence-corrected chi connectivity index (χ3v) is 17.0. The Kier molecular flexibility index (Phi) is 16.5. The molecule has 0 aliphatic carbocycles. The fraction of sp³-hybridized carbons (Fsp3) is 0. The zero-order chi connectivity index (χ0) is 65.1. The number of non-ortho nitro benzene ring substituents is 1. The van der Waals surface area contributed by atoms with Crippen LogP contribution in [0.2, 0.25) is 0 Å². The highest BCUT2D eigenvalue weighted by atomic mass is 32.2. The Labute approximate surface area is 487 Å². The summed E-state index contributed by atoms with van der Waals surface area (Å²) >= 11 is 0. The Bertz CT molecular complexity index is 5320. The van der Waals surface area contributed by atoms with E-state index in [1.54, 1.807) is 0 Å². The number of aromatic hydroxyl groups is 2. The number of nitrogens with zero attached hydrogens (tertiary/aromatic N) is 10. The van der Waals surface area contributed by atoms with Gasteiger partial charge in [-0.15, -0.1) is 35.8 Å². The zero-order valence-corrected chi connectivity index (χ0v) is 47.0. The number of carboxylic acid groups (broad SMARTS) is 1. The van der Waals surface area contributed by atoms with Gasteiger partial charge in [-0.1, -0.05) is 6.07 Å². The van der Waals surface area contributed by atoms with Crippen LogP contribution in [0.4, 0.5) is 56.9 Å². The van der Waals surface area contributed by atoms with Crippen LogP contribution in [-0.4, -0.2) is 120 Å². The van der Waals surface area contributed by atoms with Crippen molar-refractivity contribution in [2.45, 2.75) is 29.4 Å². The number of anilines is 1. The number of azo groups is 4. The van der Waals surface area contributed by atoms with Crippen molar-refractivity contribution in [1.29, 1.82) is 0 Å². The first-order valence-corrected chi connectivity index (χ1v) is 31.0. The number of nitrogen functional groups attached to an aromatic ring is 1. The minimum absolute atomic E-state index is 0.208. The number of phenols is 2. The molecule has 1 heterocycles. The molecule has 0 spiro atoms. The number of aromatic carboxylic acids is 1. The minimum Gasteiger partial charge on any atom is -0.505 e. The average Bonchev–Trinajstić information content (AvgIpc) is 0.948. The highest BCUT2D eigenvalue weighted by Gasteiger charge is 2.31. The molecule has 7 aromatic carbocycles. The number of ether oxygens (including phenoxy) is 1. The summed E-state index contributed by atoms with van der Waals surface area (Å²) in [6.45, 7) is -0.239. The predicted octanol–water partition coefficient (Wildman–Crippen LogP) is 6.75. The quantitative estimate of drug-likeness (QED) is 0.00995. The number of H-pyrrole nitrogens is 1. The van der Waals surface area contributed by atoms with Crippen molar-refractivity contribution in [2.24, 2.45) is 40.9 Å². The van der Waals surface area contributed by atoms with E-state index in [1.807, 2.05) is 0 Å². The highest BCUT2D eigenvalue weighted by molar-refractivity contribution is 7.87. The van der Waals surface area contributed by atoms with Crippen molar-refractivity contribution >= 4 is 152 Å². The topological polar surface area (TPSA) is 636 Å². The summed E-state index contributed by atoms with van der Waals surface area (Å²) in [4.78, 5) is 40.2. The van der Waals surface area contributed by atoms with Crippen LogP contribution in [0.5, 0.6) is 17.4 Å². The summed E-state index contributed by atoms with van der Waals surface area (Å²) in [7, 11) is -32.6. The lowest BCUT2D eigenvalue weighted by Gasteiger charge is -2.13. The van der Waals surface area contributed by atoms with Crippen LogP contribution in [0.25, 0.3) is 27.2 Å². The molecule has 0 saturated heterocycles. The molecule has 0 fully saturated rings. The molecule has 0 bridgehead atoms. The second-order valence-electron chi connectivity index (χ2n) is 17.1. The summed E-state index contributed by atoms with van der Waals surface area (Å²) in [6.07, 6.45) is 0. The Hall–Kier alpha value is -10.3. The number of rotatable bonds is 19. The van der Waals surface area contributed by atoms with E-state index in [9.17, 15) is 118 Å². The van der Waals surface area contributed by atoms with E-state index in [2.05, 4.69) is 50.7 Å². The number of benzene rings is 7. The summed E-state index contributed by atoms with van der Waals surface area (Å²) in [5, 5.41) is 71.8. The van der Waals surface area contributed by atoms with Gasteiger partial charge in [-0.2, -0.15) is 55.6 Å². The monoisotopic (exact) mass is 1340 g/mol. The SMILES string of the molecule is Nc1c(N=Nc2ccc3c(O)c(N=Nc4cc(C(=O)O)c(N=Nc5c(OC=O)[nH]n(-c6ccc(S(=O)(=O)O)cc6)c5=O)c(S(=O)(=O)O)c4)c(S(=O)(=O)O)cc3c2S(=O)(=O)O)cc(S(=O)(=O)O)c2ccc(N=Nc3ccc([N+](=O)[O-])cc3S(=O)(=O)O)c(O)c12. The Morgan fingerprint density at radius 1 is 0.557 bits per heavy atom. The molecule has 39 nitrogen and oxygen atoms in total. The lowest BCUT2D eigenvalue weighted by molar-refractivity contribution is -0.385. The lowest BCUT2D eigenvalue weighted by atomic mass is 10.1. The number of nitrogens with two attached hydrogens (primary N) is 1. The fourth-order valence-corrected chi connectivity index (χ4v) is 11.9. The van der Waals surface area contributed by atoms with Gasteiger partial charge in [-0.05, 0) is 72.8 Å². The second-order valence-corrected chi connectivity index (χ2v) is 25.4. The van der Waals surface area contributed by atoms with E-state index in [-0.39, 0.29) is 18.2 Å². The summed E-state index contributed by atoms with van der Waals surface area (Å²) in [5.74, 6) is -5.48. The summed E-state index contributed by atoms with van der Waals surface area (Å²) in [6, 6.07) is 10.2. The van der Waals surface area contributed by atoms with E-state index in [0.29, 0.717) is 35.0 Å². The highest BCUT2D eigenvalue weighted by Crippen LogP contribution is 2.49. The van der Waals surface area contributed by atoms with Gasteiger partial charge in [0, 0.05) is 28.3 Å². The first-order chi connectivity index (χ1) is 40.7. The molecule has 0 atom stereocenters. The molecule has 0 unspecified atom stereocenters. The number of aromatic amines is 1. The van der Waals surface area contributed by atoms with Gasteiger partial charge in [0.2, 0.25) is 11.6 Å². The number of aromatic nitrogens is 2. The number of nitro benzene ring substituents is 1. The van der Waals surface area contributed by atoms with E-state index in [0.717, 1.165) is 54.6 Å². The van der Waals surface area contributed by atoms with Crippen LogP contribution in [0, 0.1) is 10.1 Å². The van der Waals surface area contributed by atoms with Gasteiger partial charge in [0.1, 0.15) is 58.6 Å². The van der Waals surface area contributed by atoms with Crippen LogP contribution in [0.15, 0.2) is 166 Å². The van der Waals surface area contributed by atoms with Crippen molar-refractivity contribution < 1.29 is 112 Å².